The summed E-state index contributed by atoms with van der Waals surface area (Å²) in [6.45, 7) is 4.48. The summed E-state index contributed by atoms with van der Waals surface area (Å²) in [6, 6.07) is 9.41. The Morgan fingerprint density at radius 2 is 2.21 bits per heavy atom. The minimum absolute atomic E-state index is 0.515. The van der Waals surface area contributed by atoms with Crippen LogP contribution in [0, 0.1) is 0 Å². The maximum absolute atomic E-state index is 3.61. The molecule has 76 valence electrons. The summed E-state index contributed by atoms with van der Waals surface area (Å²) in [5, 5.41) is 4.12. The van der Waals surface area contributed by atoms with Gasteiger partial charge in [0.2, 0.25) is 0 Å². The number of rotatable bonds is 2. The Balaban J connectivity index is 2.22. The molecule has 0 amide bonds. The SMILES string of the molecule is CCc1ccccc1C1NC(C)CS1. The topological polar surface area (TPSA) is 12.0 Å². The van der Waals surface area contributed by atoms with E-state index in [2.05, 4.69) is 43.4 Å². The highest BCUT2D eigenvalue weighted by Crippen LogP contribution is 2.34. The van der Waals surface area contributed by atoms with E-state index < -0.39 is 0 Å². The number of hydrogen-bond acceptors (Lipinski definition) is 2. The number of nitrogens with one attached hydrogen (secondary N) is 1. The molecule has 1 aliphatic rings. The molecule has 0 aromatic heterocycles. The minimum atomic E-state index is 0.515. The van der Waals surface area contributed by atoms with Gasteiger partial charge in [-0.3, -0.25) is 5.32 Å². The molecule has 0 saturated carbocycles. The predicted molar refractivity (Wildman–Crippen MR) is 63.6 cm³/mol. The molecule has 1 fully saturated rings. The van der Waals surface area contributed by atoms with Crippen LogP contribution in [0.3, 0.4) is 0 Å². The van der Waals surface area contributed by atoms with Crippen LogP contribution in [-0.2, 0) is 6.42 Å². The first-order valence-corrected chi connectivity index (χ1v) is 6.31. The van der Waals surface area contributed by atoms with Crippen molar-refractivity contribution in [2.75, 3.05) is 5.75 Å². The molecule has 1 saturated heterocycles. The monoisotopic (exact) mass is 207 g/mol. The molecule has 1 heterocycles. The highest BCUT2D eigenvalue weighted by Gasteiger charge is 2.23. The van der Waals surface area contributed by atoms with Gasteiger partial charge in [-0.05, 0) is 24.5 Å². The fourth-order valence-electron chi connectivity index (χ4n) is 1.89. The van der Waals surface area contributed by atoms with E-state index in [4.69, 9.17) is 0 Å². The lowest BCUT2D eigenvalue weighted by molar-refractivity contribution is 0.615. The average Bonchev–Trinajstić information content (AvgIpc) is 2.65. The second-order valence-corrected chi connectivity index (χ2v) is 4.97. The van der Waals surface area contributed by atoms with E-state index in [0.717, 1.165) is 6.42 Å². The van der Waals surface area contributed by atoms with Crippen LogP contribution in [0.4, 0.5) is 0 Å². The van der Waals surface area contributed by atoms with E-state index in [1.54, 1.807) is 0 Å². The van der Waals surface area contributed by atoms with Crippen molar-refractivity contribution in [2.24, 2.45) is 0 Å². The van der Waals surface area contributed by atoms with Gasteiger partial charge in [-0.15, -0.1) is 11.8 Å². The predicted octanol–water partition coefficient (Wildman–Crippen LogP) is 2.97. The molecule has 0 bridgehead atoms. The van der Waals surface area contributed by atoms with Crippen molar-refractivity contribution in [2.45, 2.75) is 31.7 Å². The van der Waals surface area contributed by atoms with E-state index >= 15 is 0 Å². The number of aryl methyl sites for hydroxylation is 1. The van der Waals surface area contributed by atoms with Crippen molar-refractivity contribution in [3.63, 3.8) is 0 Å². The molecule has 2 heteroatoms. The van der Waals surface area contributed by atoms with Gasteiger partial charge in [0.05, 0.1) is 5.37 Å². The maximum atomic E-state index is 3.61. The van der Waals surface area contributed by atoms with Crippen molar-refractivity contribution in [1.82, 2.24) is 5.32 Å². The lowest BCUT2D eigenvalue weighted by Crippen LogP contribution is -2.22. The van der Waals surface area contributed by atoms with Gasteiger partial charge in [0, 0.05) is 11.8 Å². The third-order valence-electron chi connectivity index (χ3n) is 2.67. The van der Waals surface area contributed by atoms with Crippen LogP contribution in [0.25, 0.3) is 0 Å². The molecular formula is C12H17NS. The third kappa shape index (κ3) is 1.96. The molecule has 1 aromatic carbocycles. The molecule has 2 unspecified atom stereocenters. The summed E-state index contributed by atoms with van der Waals surface area (Å²) >= 11 is 2.02. The van der Waals surface area contributed by atoms with Crippen LogP contribution < -0.4 is 5.32 Å². The quantitative estimate of drug-likeness (QED) is 0.800. The largest absolute Gasteiger partial charge is 0.298 e. The van der Waals surface area contributed by atoms with Crippen LogP contribution in [0.5, 0.6) is 0 Å². The molecule has 1 N–H and O–H groups in total. The van der Waals surface area contributed by atoms with Crippen LogP contribution in [-0.4, -0.2) is 11.8 Å². The fourth-order valence-corrected chi connectivity index (χ4v) is 3.20. The van der Waals surface area contributed by atoms with Crippen molar-refractivity contribution in [3.05, 3.63) is 35.4 Å². The molecule has 0 aliphatic carbocycles. The number of hydrogen-bond donors (Lipinski definition) is 1. The van der Waals surface area contributed by atoms with Crippen molar-refractivity contribution >= 4 is 11.8 Å². The Labute approximate surface area is 90.3 Å². The summed E-state index contributed by atoms with van der Waals surface area (Å²) in [5.41, 5.74) is 2.95. The molecular weight excluding hydrogens is 190 g/mol. The van der Waals surface area contributed by atoms with Crippen LogP contribution in [0.2, 0.25) is 0 Å². The molecule has 2 rings (SSSR count). The Bertz CT molecular complexity index is 311. The van der Waals surface area contributed by atoms with Gasteiger partial charge in [0.1, 0.15) is 0 Å². The van der Waals surface area contributed by atoms with Gasteiger partial charge in [-0.25, -0.2) is 0 Å². The van der Waals surface area contributed by atoms with Crippen LogP contribution >= 0.6 is 11.8 Å². The first-order valence-electron chi connectivity index (χ1n) is 5.26. The average molecular weight is 207 g/mol. The summed E-state index contributed by atoms with van der Waals surface area (Å²) in [7, 11) is 0. The number of benzene rings is 1. The molecule has 1 aliphatic heterocycles. The second-order valence-electron chi connectivity index (χ2n) is 3.83. The van der Waals surface area contributed by atoms with Gasteiger partial charge in [0.25, 0.3) is 0 Å². The summed E-state index contributed by atoms with van der Waals surface area (Å²) in [4.78, 5) is 0. The van der Waals surface area contributed by atoms with E-state index in [1.807, 2.05) is 11.8 Å². The highest BCUT2D eigenvalue weighted by atomic mass is 32.2. The van der Waals surface area contributed by atoms with E-state index in [-0.39, 0.29) is 0 Å². The third-order valence-corrected chi connectivity index (χ3v) is 4.08. The highest BCUT2D eigenvalue weighted by molar-refractivity contribution is 7.99. The van der Waals surface area contributed by atoms with Gasteiger partial charge in [-0.2, -0.15) is 0 Å². The summed E-state index contributed by atoms with van der Waals surface area (Å²) in [6.07, 6.45) is 1.13. The smallest absolute Gasteiger partial charge is 0.0794 e. The normalized spacial score (nSPS) is 26.7. The Morgan fingerprint density at radius 3 is 2.86 bits per heavy atom. The Hall–Kier alpha value is -0.470. The first kappa shape index (κ1) is 10.1. The van der Waals surface area contributed by atoms with Crippen molar-refractivity contribution in [1.29, 1.82) is 0 Å². The fraction of sp³-hybridized carbons (Fsp3) is 0.500. The maximum Gasteiger partial charge on any atom is 0.0794 e. The lowest BCUT2D eigenvalue weighted by Gasteiger charge is -2.14. The summed E-state index contributed by atoms with van der Waals surface area (Å²) in [5.74, 6) is 1.22. The zero-order valence-electron chi connectivity index (χ0n) is 8.79. The van der Waals surface area contributed by atoms with Crippen LogP contribution in [0.15, 0.2) is 24.3 Å². The van der Waals surface area contributed by atoms with Crippen molar-refractivity contribution < 1.29 is 0 Å². The van der Waals surface area contributed by atoms with Gasteiger partial charge >= 0.3 is 0 Å². The van der Waals surface area contributed by atoms with Gasteiger partial charge in [0.15, 0.2) is 0 Å². The Morgan fingerprint density at radius 1 is 1.43 bits per heavy atom. The van der Waals surface area contributed by atoms with E-state index in [9.17, 15) is 0 Å². The first-order chi connectivity index (χ1) is 6.81. The van der Waals surface area contributed by atoms with E-state index in [0.29, 0.717) is 11.4 Å². The standard InChI is InChI=1S/C12H17NS/c1-3-10-6-4-5-7-11(10)12-13-9(2)8-14-12/h4-7,9,12-13H,3,8H2,1-2H3. The molecule has 1 nitrogen and oxygen atoms in total. The molecule has 14 heavy (non-hydrogen) atoms. The van der Waals surface area contributed by atoms with Crippen molar-refractivity contribution in [3.8, 4) is 0 Å². The van der Waals surface area contributed by atoms with E-state index in [1.165, 1.54) is 16.9 Å². The Kier molecular flexibility index (Phi) is 3.14. The van der Waals surface area contributed by atoms with Gasteiger partial charge < -0.3 is 0 Å². The zero-order valence-corrected chi connectivity index (χ0v) is 9.60. The minimum Gasteiger partial charge on any atom is -0.298 e. The lowest BCUT2D eigenvalue weighted by atomic mass is 10.1. The molecule has 2 atom stereocenters. The second kappa shape index (κ2) is 4.37. The zero-order chi connectivity index (χ0) is 9.97. The molecule has 0 spiro atoms. The van der Waals surface area contributed by atoms with Crippen LogP contribution in [0.1, 0.15) is 30.3 Å². The van der Waals surface area contributed by atoms with Gasteiger partial charge in [-0.1, -0.05) is 31.2 Å². The number of thioether (sulfide) groups is 1. The molecule has 0 radical (unpaired) electrons. The summed E-state index contributed by atoms with van der Waals surface area (Å²) < 4.78 is 0. The molecule has 1 aromatic rings.